The maximum absolute atomic E-state index is 4.39. The summed E-state index contributed by atoms with van der Waals surface area (Å²) in [6.45, 7) is 1.71. The van der Waals surface area contributed by atoms with Gasteiger partial charge in [-0.1, -0.05) is 60.7 Å². The van der Waals surface area contributed by atoms with Gasteiger partial charge in [0.15, 0.2) is 5.96 Å². The van der Waals surface area contributed by atoms with Gasteiger partial charge in [-0.05, 0) is 36.0 Å². The van der Waals surface area contributed by atoms with Gasteiger partial charge in [0.1, 0.15) is 0 Å². The molecule has 0 bridgehead atoms. The van der Waals surface area contributed by atoms with Crippen molar-refractivity contribution in [3.63, 3.8) is 0 Å². The van der Waals surface area contributed by atoms with Crippen LogP contribution in [0.1, 0.15) is 29.0 Å². The third-order valence-corrected chi connectivity index (χ3v) is 5.03. The Labute approximate surface area is 173 Å². The van der Waals surface area contributed by atoms with Gasteiger partial charge in [0.2, 0.25) is 0 Å². The Kier molecular flexibility index (Phi) is 7.87. The highest BCUT2D eigenvalue weighted by molar-refractivity contribution is 5.79. The predicted octanol–water partition coefficient (Wildman–Crippen LogP) is 3.54. The van der Waals surface area contributed by atoms with Crippen LogP contribution >= 0.6 is 0 Å². The minimum atomic E-state index is 0.382. The minimum absolute atomic E-state index is 0.382. The second-order valence-electron chi connectivity index (χ2n) is 7.30. The molecule has 0 fully saturated rings. The van der Waals surface area contributed by atoms with Gasteiger partial charge in [-0.2, -0.15) is 5.10 Å². The summed E-state index contributed by atoms with van der Waals surface area (Å²) in [5.41, 5.74) is 3.96. The fraction of sp³-hybridized carbons (Fsp3) is 0.333. The monoisotopic (exact) mass is 389 g/mol. The average Bonchev–Trinajstić information content (AvgIpc) is 3.18. The Morgan fingerprint density at radius 2 is 1.72 bits per heavy atom. The molecule has 2 aromatic carbocycles. The van der Waals surface area contributed by atoms with E-state index in [1.54, 1.807) is 0 Å². The highest BCUT2D eigenvalue weighted by atomic mass is 15.2. The topological polar surface area (TPSA) is 54.2 Å². The van der Waals surface area contributed by atoms with E-state index in [2.05, 4.69) is 87.6 Å². The molecular weight excluding hydrogens is 358 g/mol. The summed E-state index contributed by atoms with van der Waals surface area (Å²) in [6, 6.07) is 21.4. The van der Waals surface area contributed by atoms with Crippen LogP contribution in [0.2, 0.25) is 0 Å². The lowest BCUT2D eigenvalue weighted by molar-refractivity contribution is 0.641. The summed E-state index contributed by atoms with van der Waals surface area (Å²) in [6.07, 6.45) is 7.05. The number of benzene rings is 2. The van der Waals surface area contributed by atoms with E-state index in [0.29, 0.717) is 5.92 Å². The third kappa shape index (κ3) is 6.79. The van der Waals surface area contributed by atoms with Crippen molar-refractivity contribution in [3.8, 4) is 0 Å². The smallest absolute Gasteiger partial charge is 0.190 e. The standard InChI is InChI=1S/C24H31N5/c1-25-24(26-15-9-12-21-17-28-29(2)19-21)27-18-23(22-13-7-4-8-14-22)16-20-10-5-3-6-11-20/h3-8,10-11,13-14,17,19,23H,9,12,15-16,18H2,1-2H3,(H2,25,26,27). The van der Waals surface area contributed by atoms with Gasteiger partial charge in [0.05, 0.1) is 6.20 Å². The van der Waals surface area contributed by atoms with Crippen LogP contribution in [0, 0.1) is 0 Å². The molecule has 0 radical (unpaired) electrons. The zero-order valence-electron chi connectivity index (χ0n) is 17.4. The van der Waals surface area contributed by atoms with Crippen molar-refractivity contribution in [2.75, 3.05) is 20.1 Å². The molecule has 0 amide bonds. The Bertz CT molecular complexity index is 871. The van der Waals surface area contributed by atoms with Crippen LogP contribution in [0.25, 0.3) is 0 Å². The molecule has 5 nitrogen and oxygen atoms in total. The number of aryl methyl sites for hydroxylation is 2. The summed E-state index contributed by atoms with van der Waals surface area (Å²) in [5.74, 6) is 1.23. The summed E-state index contributed by atoms with van der Waals surface area (Å²) < 4.78 is 1.85. The van der Waals surface area contributed by atoms with Gasteiger partial charge >= 0.3 is 0 Å². The molecule has 2 N–H and O–H groups in total. The van der Waals surface area contributed by atoms with Crippen molar-refractivity contribution in [1.29, 1.82) is 0 Å². The lowest BCUT2D eigenvalue weighted by Gasteiger charge is -2.20. The number of aliphatic imine (C=N–C) groups is 1. The molecule has 0 spiro atoms. The van der Waals surface area contributed by atoms with Crippen LogP contribution in [-0.2, 0) is 19.9 Å². The van der Waals surface area contributed by atoms with Crippen molar-refractivity contribution in [3.05, 3.63) is 89.7 Å². The molecule has 0 saturated carbocycles. The van der Waals surface area contributed by atoms with Crippen molar-refractivity contribution in [1.82, 2.24) is 20.4 Å². The van der Waals surface area contributed by atoms with Crippen LogP contribution in [-0.4, -0.2) is 35.9 Å². The first-order chi connectivity index (χ1) is 14.2. The number of hydrogen-bond donors (Lipinski definition) is 2. The quantitative estimate of drug-likeness (QED) is 0.334. The van der Waals surface area contributed by atoms with Gasteiger partial charge < -0.3 is 10.6 Å². The van der Waals surface area contributed by atoms with Gasteiger partial charge in [0.25, 0.3) is 0 Å². The highest BCUT2D eigenvalue weighted by Crippen LogP contribution is 2.20. The second-order valence-corrected chi connectivity index (χ2v) is 7.30. The number of hydrogen-bond acceptors (Lipinski definition) is 2. The van der Waals surface area contributed by atoms with Crippen LogP contribution in [0.15, 0.2) is 78.0 Å². The van der Waals surface area contributed by atoms with Crippen LogP contribution in [0.4, 0.5) is 0 Å². The normalized spacial score (nSPS) is 12.6. The van der Waals surface area contributed by atoms with Crippen LogP contribution in [0.5, 0.6) is 0 Å². The Morgan fingerprint density at radius 3 is 2.38 bits per heavy atom. The largest absolute Gasteiger partial charge is 0.356 e. The maximum Gasteiger partial charge on any atom is 0.190 e. The Balaban J connectivity index is 1.51. The van der Waals surface area contributed by atoms with Gasteiger partial charge in [-0.15, -0.1) is 0 Å². The van der Waals surface area contributed by atoms with Gasteiger partial charge in [-0.25, -0.2) is 0 Å². The molecule has 1 aromatic heterocycles. The molecule has 0 aliphatic rings. The molecular formula is C24H31N5. The summed E-state index contributed by atoms with van der Waals surface area (Å²) in [7, 11) is 3.78. The Hall–Kier alpha value is -3.08. The number of nitrogens with zero attached hydrogens (tertiary/aromatic N) is 3. The van der Waals surface area contributed by atoms with E-state index in [1.807, 2.05) is 25.0 Å². The molecule has 152 valence electrons. The average molecular weight is 390 g/mol. The molecule has 1 heterocycles. The van der Waals surface area contributed by atoms with E-state index in [9.17, 15) is 0 Å². The van der Waals surface area contributed by atoms with E-state index in [0.717, 1.165) is 38.3 Å². The number of nitrogens with one attached hydrogen (secondary N) is 2. The molecule has 3 aromatic rings. The predicted molar refractivity (Wildman–Crippen MR) is 120 cm³/mol. The SMILES string of the molecule is CN=C(NCCCc1cnn(C)c1)NCC(Cc1ccccc1)c1ccccc1. The van der Waals surface area contributed by atoms with Crippen LogP contribution < -0.4 is 10.6 Å². The van der Waals surface area contributed by atoms with Crippen molar-refractivity contribution < 1.29 is 0 Å². The van der Waals surface area contributed by atoms with E-state index < -0.39 is 0 Å². The van der Waals surface area contributed by atoms with Crippen molar-refractivity contribution in [2.24, 2.45) is 12.0 Å². The zero-order chi connectivity index (χ0) is 20.3. The van der Waals surface area contributed by atoms with E-state index >= 15 is 0 Å². The summed E-state index contributed by atoms with van der Waals surface area (Å²) in [5, 5.41) is 11.2. The molecule has 0 aliphatic heterocycles. The maximum atomic E-state index is 4.39. The van der Waals surface area contributed by atoms with E-state index in [1.165, 1.54) is 16.7 Å². The lowest BCUT2D eigenvalue weighted by atomic mass is 9.92. The highest BCUT2D eigenvalue weighted by Gasteiger charge is 2.13. The van der Waals surface area contributed by atoms with Crippen molar-refractivity contribution in [2.45, 2.75) is 25.2 Å². The first kappa shape index (κ1) is 20.6. The third-order valence-electron chi connectivity index (χ3n) is 5.03. The first-order valence-electron chi connectivity index (χ1n) is 10.3. The molecule has 1 unspecified atom stereocenters. The minimum Gasteiger partial charge on any atom is -0.356 e. The van der Waals surface area contributed by atoms with Crippen molar-refractivity contribution >= 4 is 5.96 Å². The first-order valence-corrected chi connectivity index (χ1v) is 10.3. The van der Waals surface area contributed by atoms with Gasteiger partial charge in [-0.3, -0.25) is 9.67 Å². The molecule has 0 saturated heterocycles. The number of guanidine groups is 1. The summed E-state index contributed by atoms with van der Waals surface area (Å²) in [4.78, 5) is 4.39. The van der Waals surface area contributed by atoms with E-state index in [4.69, 9.17) is 0 Å². The Morgan fingerprint density at radius 1 is 1.00 bits per heavy atom. The molecule has 5 heteroatoms. The number of aromatic nitrogens is 2. The fourth-order valence-electron chi connectivity index (χ4n) is 3.47. The molecule has 1 atom stereocenters. The fourth-order valence-corrected chi connectivity index (χ4v) is 3.47. The molecule has 3 rings (SSSR count). The zero-order valence-corrected chi connectivity index (χ0v) is 17.4. The molecule has 29 heavy (non-hydrogen) atoms. The number of rotatable bonds is 9. The van der Waals surface area contributed by atoms with E-state index in [-0.39, 0.29) is 0 Å². The van der Waals surface area contributed by atoms with Crippen LogP contribution in [0.3, 0.4) is 0 Å². The van der Waals surface area contributed by atoms with Gasteiger partial charge in [0, 0.05) is 39.3 Å². The lowest BCUT2D eigenvalue weighted by Crippen LogP contribution is -2.40. The summed E-state index contributed by atoms with van der Waals surface area (Å²) >= 11 is 0. The second kappa shape index (κ2) is 11.1. The molecule has 0 aliphatic carbocycles.